The highest BCUT2D eigenvalue weighted by Crippen LogP contribution is 2.12. The molecule has 1 saturated heterocycles. The van der Waals surface area contributed by atoms with Gasteiger partial charge in [0.25, 0.3) is 0 Å². The summed E-state index contributed by atoms with van der Waals surface area (Å²) in [7, 11) is 0. The highest BCUT2D eigenvalue weighted by molar-refractivity contribution is 5.86. The molecule has 4 N–H and O–H groups in total. The number of aliphatic carboxylic acids is 2. The van der Waals surface area contributed by atoms with Crippen LogP contribution in [-0.4, -0.2) is 54.0 Å². The van der Waals surface area contributed by atoms with Crippen LogP contribution in [-0.2, 0) is 14.3 Å². The molecule has 19 heavy (non-hydrogen) atoms. The fourth-order valence-electron chi connectivity index (χ4n) is 1.77. The summed E-state index contributed by atoms with van der Waals surface area (Å²) in [5, 5.41) is 22.0. The zero-order valence-electron chi connectivity index (χ0n) is 10.4. The molecule has 0 aromatic carbocycles. The molecule has 0 radical (unpaired) electrons. The maximum atomic E-state index is 11.5. The average Bonchev–Trinajstić information content (AvgIpc) is 2.36. The number of carboxylic acids is 2. The summed E-state index contributed by atoms with van der Waals surface area (Å²) < 4.78 is 5.17. The Morgan fingerprint density at radius 3 is 2.37 bits per heavy atom. The van der Waals surface area contributed by atoms with Crippen molar-refractivity contribution in [2.24, 2.45) is 5.92 Å². The van der Waals surface area contributed by atoms with Gasteiger partial charge in [0.05, 0.1) is 6.42 Å². The van der Waals surface area contributed by atoms with E-state index in [1.54, 1.807) is 0 Å². The van der Waals surface area contributed by atoms with Crippen molar-refractivity contribution in [3.05, 3.63) is 0 Å². The molecule has 1 aliphatic heterocycles. The lowest BCUT2D eigenvalue weighted by atomic mass is 10.0. The van der Waals surface area contributed by atoms with E-state index in [2.05, 4.69) is 10.6 Å². The van der Waals surface area contributed by atoms with Crippen molar-refractivity contribution in [1.82, 2.24) is 10.6 Å². The van der Waals surface area contributed by atoms with Crippen LogP contribution in [0, 0.1) is 5.92 Å². The summed E-state index contributed by atoms with van der Waals surface area (Å²) in [4.78, 5) is 32.7. The predicted molar refractivity (Wildman–Crippen MR) is 63.8 cm³/mol. The molecular formula is C11H18N2O6. The van der Waals surface area contributed by atoms with E-state index in [1.807, 2.05) is 0 Å². The molecule has 8 heteroatoms. The molecule has 0 unspecified atom stereocenters. The molecule has 1 atom stereocenters. The first-order valence-electron chi connectivity index (χ1n) is 6.05. The smallest absolute Gasteiger partial charge is 0.326 e. The van der Waals surface area contributed by atoms with E-state index in [0.29, 0.717) is 25.7 Å². The number of urea groups is 1. The number of amides is 2. The van der Waals surface area contributed by atoms with Gasteiger partial charge in [0.1, 0.15) is 6.04 Å². The van der Waals surface area contributed by atoms with Crippen LogP contribution in [0.5, 0.6) is 0 Å². The number of carbonyl (C=O) groups is 3. The van der Waals surface area contributed by atoms with Gasteiger partial charge < -0.3 is 25.6 Å². The van der Waals surface area contributed by atoms with Crippen molar-refractivity contribution in [2.75, 3.05) is 19.8 Å². The monoisotopic (exact) mass is 274 g/mol. The molecule has 0 aromatic rings. The standard InChI is InChI=1S/C11H18N2O6/c14-9(15)5-8(10(16)17)13-11(18)12-6-7-1-3-19-4-2-7/h7-8H,1-6H2,(H,14,15)(H,16,17)(H2,12,13,18)/t8-/m0/s1. The molecule has 0 aromatic heterocycles. The van der Waals surface area contributed by atoms with Gasteiger partial charge >= 0.3 is 18.0 Å². The average molecular weight is 274 g/mol. The second-order valence-corrected chi connectivity index (χ2v) is 4.40. The second kappa shape index (κ2) is 7.57. The second-order valence-electron chi connectivity index (χ2n) is 4.40. The molecule has 1 rings (SSSR count). The summed E-state index contributed by atoms with van der Waals surface area (Å²) in [5.41, 5.74) is 0. The van der Waals surface area contributed by atoms with Gasteiger partial charge in [-0.25, -0.2) is 9.59 Å². The number of rotatable bonds is 6. The molecule has 0 saturated carbocycles. The molecular weight excluding hydrogens is 256 g/mol. The van der Waals surface area contributed by atoms with Crippen LogP contribution in [0.25, 0.3) is 0 Å². The molecule has 2 amide bonds. The lowest BCUT2D eigenvalue weighted by Crippen LogP contribution is -2.48. The van der Waals surface area contributed by atoms with E-state index in [-0.39, 0.29) is 0 Å². The first-order valence-corrected chi connectivity index (χ1v) is 6.05. The number of hydrogen-bond acceptors (Lipinski definition) is 4. The van der Waals surface area contributed by atoms with Gasteiger partial charge in [0, 0.05) is 19.8 Å². The number of ether oxygens (including phenoxy) is 1. The molecule has 0 spiro atoms. The van der Waals surface area contributed by atoms with E-state index >= 15 is 0 Å². The van der Waals surface area contributed by atoms with Crippen LogP contribution in [0.4, 0.5) is 4.79 Å². The summed E-state index contributed by atoms with van der Waals surface area (Å²) in [6, 6.07) is -2.09. The zero-order chi connectivity index (χ0) is 14.3. The quantitative estimate of drug-likeness (QED) is 0.524. The van der Waals surface area contributed by atoms with Crippen molar-refractivity contribution in [3.63, 3.8) is 0 Å². The number of carboxylic acid groups (broad SMARTS) is 2. The highest BCUT2D eigenvalue weighted by Gasteiger charge is 2.23. The topological polar surface area (TPSA) is 125 Å². The highest BCUT2D eigenvalue weighted by atomic mass is 16.5. The van der Waals surface area contributed by atoms with Gasteiger partial charge in [0.15, 0.2) is 0 Å². The third-order valence-corrected chi connectivity index (χ3v) is 2.87. The Morgan fingerprint density at radius 2 is 1.84 bits per heavy atom. The van der Waals surface area contributed by atoms with Crippen molar-refractivity contribution in [3.8, 4) is 0 Å². The van der Waals surface area contributed by atoms with Gasteiger partial charge in [0.2, 0.25) is 0 Å². The number of nitrogens with one attached hydrogen (secondary N) is 2. The van der Waals surface area contributed by atoms with Crippen molar-refractivity contribution >= 4 is 18.0 Å². The lowest BCUT2D eigenvalue weighted by molar-refractivity contribution is -0.145. The first-order chi connectivity index (χ1) is 8.99. The molecule has 0 aliphatic carbocycles. The Bertz CT molecular complexity index is 340. The van der Waals surface area contributed by atoms with Crippen LogP contribution >= 0.6 is 0 Å². The molecule has 108 valence electrons. The largest absolute Gasteiger partial charge is 0.481 e. The third kappa shape index (κ3) is 6.05. The fraction of sp³-hybridized carbons (Fsp3) is 0.727. The van der Waals surface area contributed by atoms with Crippen LogP contribution in [0.2, 0.25) is 0 Å². The number of carbonyl (C=O) groups excluding carboxylic acids is 1. The van der Waals surface area contributed by atoms with Crippen LogP contribution in [0.3, 0.4) is 0 Å². The molecule has 1 fully saturated rings. The van der Waals surface area contributed by atoms with Crippen molar-refractivity contribution in [2.45, 2.75) is 25.3 Å². The zero-order valence-corrected chi connectivity index (χ0v) is 10.4. The Kier molecular flexibility index (Phi) is 6.07. The maximum absolute atomic E-state index is 11.5. The summed E-state index contributed by atoms with van der Waals surface area (Å²) in [6.07, 6.45) is 1.04. The van der Waals surface area contributed by atoms with E-state index < -0.39 is 30.4 Å². The maximum Gasteiger partial charge on any atom is 0.326 e. The van der Waals surface area contributed by atoms with Crippen LogP contribution < -0.4 is 10.6 Å². The SMILES string of the molecule is O=C(O)C[C@H](NC(=O)NCC1CCOCC1)C(=O)O. The normalized spacial score (nSPS) is 17.5. The minimum atomic E-state index is -1.42. The van der Waals surface area contributed by atoms with Gasteiger partial charge in [-0.2, -0.15) is 0 Å². The molecule has 0 bridgehead atoms. The van der Waals surface area contributed by atoms with Gasteiger partial charge in [-0.15, -0.1) is 0 Å². The lowest BCUT2D eigenvalue weighted by Gasteiger charge is -2.22. The molecule has 1 aliphatic rings. The summed E-state index contributed by atoms with van der Waals surface area (Å²) in [5.74, 6) is -2.34. The Hall–Kier alpha value is -1.83. The first kappa shape index (κ1) is 15.2. The Labute approximate surface area is 110 Å². The van der Waals surface area contributed by atoms with Crippen molar-refractivity contribution in [1.29, 1.82) is 0 Å². The van der Waals surface area contributed by atoms with Gasteiger partial charge in [-0.05, 0) is 18.8 Å². The third-order valence-electron chi connectivity index (χ3n) is 2.87. The van der Waals surface area contributed by atoms with E-state index in [1.165, 1.54) is 0 Å². The summed E-state index contributed by atoms with van der Waals surface area (Å²) >= 11 is 0. The van der Waals surface area contributed by atoms with Gasteiger partial charge in [-0.1, -0.05) is 0 Å². The van der Waals surface area contributed by atoms with Crippen LogP contribution in [0.1, 0.15) is 19.3 Å². The molecule has 1 heterocycles. The van der Waals surface area contributed by atoms with Crippen LogP contribution in [0.15, 0.2) is 0 Å². The predicted octanol–water partition coefficient (Wildman–Crippen LogP) is -0.360. The molecule has 8 nitrogen and oxygen atoms in total. The van der Waals surface area contributed by atoms with Crippen molar-refractivity contribution < 1.29 is 29.3 Å². The fourth-order valence-corrected chi connectivity index (χ4v) is 1.77. The minimum Gasteiger partial charge on any atom is -0.481 e. The van der Waals surface area contributed by atoms with E-state index in [9.17, 15) is 14.4 Å². The van der Waals surface area contributed by atoms with Gasteiger partial charge in [-0.3, -0.25) is 4.79 Å². The number of hydrogen-bond donors (Lipinski definition) is 4. The summed E-state index contributed by atoms with van der Waals surface area (Å²) in [6.45, 7) is 1.74. The minimum absolute atomic E-state index is 0.308. The van der Waals surface area contributed by atoms with E-state index in [4.69, 9.17) is 14.9 Å². The Morgan fingerprint density at radius 1 is 1.21 bits per heavy atom. The van der Waals surface area contributed by atoms with E-state index in [0.717, 1.165) is 12.8 Å². The Balaban J connectivity index is 2.31.